The van der Waals surface area contributed by atoms with E-state index < -0.39 is 0 Å². The van der Waals surface area contributed by atoms with Gasteiger partial charge in [0.2, 0.25) is 5.95 Å². The summed E-state index contributed by atoms with van der Waals surface area (Å²) < 4.78 is 0. The predicted octanol–water partition coefficient (Wildman–Crippen LogP) is 5.03. The van der Waals surface area contributed by atoms with Gasteiger partial charge in [-0.15, -0.1) is 0 Å². The summed E-state index contributed by atoms with van der Waals surface area (Å²) in [6.45, 7) is 3.84. The first-order chi connectivity index (χ1) is 12.4. The Morgan fingerprint density at radius 1 is 0.920 bits per heavy atom. The molecule has 3 rings (SSSR count). The van der Waals surface area contributed by atoms with Crippen LogP contribution in [-0.2, 0) is 6.54 Å². The first-order valence-electron chi connectivity index (χ1n) is 8.80. The Labute approximate surface area is 149 Å². The van der Waals surface area contributed by atoms with E-state index in [0.717, 1.165) is 37.4 Å². The minimum atomic E-state index is 0.705. The van der Waals surface area contributed by atoms with Crippen LogP contribution in [0.1, 0.15) is 25.3 Å². The monoisotopic (exact) mass is 332 g/mol. The van der Waals surface area contributed by atoms with Gasteiger partial charge in [0.25, 0.3) is 0 Å². The molecule has 0 saturated carbocycles. The summed E-state index contributed by atoms with van der Waals surface area (Å²) in [7, 11) is 0. The first-order valence-corrected chi connectivity index (χ1v) is 8.80. The van der Waals surface area contributed by atoms with Crippen molar-refractivity contribution in [1.82, 2.24) is 9.97 Å². The molecule has 0 bridgehead atoms. The van der Waals surface area contributed by atoms with Crippen LogP contribution >= 0.6 is 0 Å². The van der Waals surface area contributed by atoms with Gasteiger partial charge in [0.05, 0.1) is 6.54 Å². The van der Waals surface area contributed by atoms with Gasteiger partial charge >= 0.3 is 0 Å². The lowest BCUT2D eigenvalue weighted by atomic mass is 10.2. The molecule has 4 heteroatoms. The lowest BCUT2D eigenvalue weighted by Crippen LogP contribution is -2.19. The van der Waals surface area contributed by atoms with E-state index in [9.17, 15) is 0 Å². The summed E-state index contributed by atoms with van der Waals surface area (Å²) in [6.07, 6.45) is 4.11. The largest absolute Gasteiger partial charge is 0.370 e. The standard InChI is InChI=1S/C21H24N4/c1-2-3-15-22-20-14-16-23-21(24-20)25(19-12-8-5-9-13-19)17-18-10-6-4-7-11-18/h4-14,16H,2-3,15,17H2,1H3,(H,22,23,24). The van der Waals surface area contributed by atoms with Gasteiger partial charge in [-0.25, -0.2) is 4.98 Å². The van der Waals surface area contributed by atoms with E-state index in [-0.39, 0.29) is 0 Å². The van der Waals surface area contributed by atoms with E-state index in [1.165, 1.54) is 5.56 Å². The Balaban J connectivity index is 1.87. The molecule has 0 fully saturated rings. The number of nitrogens with zero attached hydrogens (tertiary/aromatic N) is 3. The number of aromatic nitrogens is 2. The molecular formula is C21H24N4. The van der Waals surface area contributed by atoms with Crippen LogP contribution in [0.15, 0.2) is 72.9 Å². The summed E-state index contributed by atoms with van der Waals surface area (Å²) in [5.41, 5.74) is 2.30. The van der Waals surface area contributed by atoms with Gasteiger partial charge in [0, 0.05) is 18.4 Å². The number of hydrogen-bond donors (Lipinski definition) is 1. The van der Waals surface area contributed by atoms with Crippen molar-refractivity contribution in [1.29, 1.82) is 0 Å². The molecule has 0 saturated heterocycles. The molecule has 0 aliphatic rings. The maximum absolute atomic E-state index is 4.72. The van der Waals surface area contributed by atoms with Crippen LogP contribution < -0.4 is 10.2 Å². The Morgan fingerprint density at radius 2 is 1.64 bits per heavy atom. The van der Waals surface area contributed by atoms with Gasteiger partial charge in [-0.05, 0) is 30.2 Å². The molecular weight excluding hydrogens is 308 g/mol. The Morgan fingerprint density at radius 3 is 2.36 bits per heavy atom. The molecule has 0 radical (unpaired) electrons. The summed E-state index contributed by atoms with van der Waals surface area (Å²) in [5.74, 6) is 1.57. The van der Waals surface area contributed by atoms with Crippen molar-refractivity contribution < 1.29 is 0 Å². The number of nitrogens with one attached hydrogen (secondary N) is 1. The van der Waals surface area contributed by atoms with E-state index in [0.29, 0.717) is 5.95 Å². The average Bonchev–Trinajstić information content (AvgIpc) is 2.68. The van der Waals surface area contributed by atoms with Crippen LogP contribution in [0.2, 0.25) is 0 Å². The van der Waals surface area contributed by atoms with Gasteiger partial charge in [-0.1, -0.05) is 61.9 Å². The highest BCUT2D eigenvalue weighted by Gasteiger charge is 2.13. The van der Waals surface area contributed by atoms with Gasteiger partial charge in [-0.3, -0.25) is 0 Å². The van der Waals surface area contributed by atoms with E-state index >= 15 is 0 Å². The normalized spacial score (nSPS) is 10.4. The number of benzene rings is 2. The van der Waals surface area contributed by atoms with Gasteiger partial charge in [0.15, 0.2) is 0 Å². The maximum Gasteiger partial charge on any atom is 0.232 e. The second-order valence-electron chi connectivity index (χ2n) is 5.93. The second kappa shape index (κ2) is 8.83. The quantitative estimate of drug-likeness (QED) is 0.588. The van der Waals surface area contributed by atoms with Crippen molar-refractivity contribution in [2.24, 2.45) is 0 Å². The lowest BCUT2D eigenvalue weighted by Gasteiger charge is -2.23. The summed E-state index contributed by atoms with van der Waals surface area (Å²) in [5, 5.41) is 3.38. The highest BCUT2D eigenvalue weighted by Crippen LogP contribution is 2.25. The van der Waals surface area contributed by atoms with Crippen LogP contribution in [0.4, 0.5) is 17.5 Å². The fourth-order valence-electron chi connectivity index (χ4n) is 2.62. The summed E-state index contributed by atoms with van der Waals surface area (Å²) in [4.78, 5) is 11.4. The second-order valence-corrected chi connectivity index (χ2v) is 5.93. The van der Waals surface area contributed by atoms with E-state index in [2.05, 4.69) is 58.5 Å². The number of unbranched alkanes of at least 4 members (excludes halogenated alkanes) is 1. The van der Waals surface area contributed by atoms with Crippen molar-refractivity contribution in [2.75, 3.05) is 16.8 Å². The SMILES string of the molecule is CCCCNc1ccnc(N(Cc2ccccc2)c2ccccc2)n1. The fraction of sp³-hybridized carbons (Fsp3) is 0.238. The van der Waals surface area contributed by atoms with Gasteiger partial charge in [0.1, 0.15) is 5.82 Å². The fourth-order valence-corrected chi connectivity index (χ4v) is 2.62. The summed E-state index contributed by atoms with van der Waals surface area (Å²) in [6, 6.07) is 22.6. The number of hydrogen-bond acceptors (Lipinski definition) is 4. The predicted molar refractivity (Wildman–Crippen MR) is 104 cm³/mol. The number of anilines is 3. The van der Waals surface area contributed by atoms with Crippen molar-refractivity contribution in [2.45, 2.75) is 26.3 Å². The highest BCUT2D eigenvalue weighted by molar-refractivity contribution is 5.58. The third kappa shape index (κ3) is 4.80. The Bertz CT molecular complexity index is 759. The minimum Gasteiger partial charge on any atom is -0.370 e. The van der Waals surface area contributed by atoms with Crippen LogP contribution in [-0.4, -0.2) is 16.5 Å². The zero-order chi connectivity index (χ0) is 17.3. The Kier molecular flexibility index (Phi) is 5.99. The molecule has 3 aromatic rings. The first kappa shape index (κ1) is 17.0. The van der Waals surface area contributed by atoms with E-state index in [4.69, 9.17) is 4.98 Å². The highest BCUT2D eigenvalue weighted by atomic mass is 15.3. The molecule has 0 aliphatic heterocycles. The molecule has 0 atom stereocenters. The molecule has 1 N–H and O–H groups in total. The molecule has 0 unspecified atom stereocenters. The molecule has 0 amide bonds. The molecule has 1 aromatic heterocycles. The van der Waals surface area contributed by atoms with Crippen LogP contribution in [0.25, 0.3) is 0 Å². The Hall–Kier alpha value is -2.88. The molecule has 25 heavy (non-hydrogen) atoms. The zero-order valence-corrected chi connectivity index (χ0v) is 14.6. The molecule has 0 spiro atoms. The third-order valence-electron chi connectivity index (χ3n) is 3.97. The molecule has 4 nitrogen and oxygen atoms in total. The molecule has 2 aromatic carbocycles. The van der Waals surface area contributed by atoms with Crippen LogP contribution in [0.5, 0.6) is 0 Å². The topological polar surface area (TPSA) is 41.1 Å². The molecule has 128 valence electrons. The minimum absolute atomic E-state index is 0.705. The third-order valence-corrected chi connectivity index (χ3v) is 3.97. The molecule has 1 heterocycles. The van der Waals surface area contributed by atoms with Crippen LogP contribution in [0.3, 0.4) is 0 Å². The molecule has 0 aliphatic carbocycles. The summed E-state index contributed by atoms with van der Waals surface area (Å²) >= 11 is 0. The van der Waals surface area contributed by atoms with Crippen LogP contribution in [0, 0.1) is 0 Å². The van der Waals surface area contributed by atoms with Gasteiger partial charge < -0.3 is 10.2 Å². The van der Waals surface area contributed by atoms with E-state index in [1.807, 2.05) is 36.5 Å². The van der Waals surface area contributed by atoms with Crippen molar-refractivity contribution in [3.63, 3.8) is 0 Å². The number of para-hydroxylation sites is 1. The maximum atomic E-state index is 4.72. The number of rotatable bonds is 8. The average molecular weight is 332 g/mol. The smallest absolute Gasteiger partial charge is 0.232 e. The zero-order valence-electron chi connectivity index (χ0n) is 14.6. The van der Waals surface area contributed by atoms with Crippen molar-refractivity contribution in [3.8, 4) is 0 Å². The van der Waals surface area contributed by atoms with Crippen molar-refractivity contribution in [3.05, 3.63) is 78.5 Å². The van der Waals surface area contributed by atoms with Gasteiger partial charge in [-0.2, -0.15) is 4.98 Å². The van der Waals surface area contributed by atoms with Crippen molar-refractivity contribution >= 4 is 17.5 Å². The van der Waals surface area contributed by atoms with E-state index in [1.54, 1.807) is 0 Å². The lowest BCUT2D eigenvalue weighted by molar-refractivity contribution is 0.828.